The van der Waals surface area contributed by atoms with Crippen LogP contribution in [0.5, 0.6) is 0 Å². The molecule has 0 saturated carbocycles. The lowest BCUT2D eigenvalue weighted by molar-refractivity contribution is 0.394. The van der Waals surface area contributed by atoms with Gasteiger partial charge in [-0.15, -0.1) is 0 Å². The summed E-state index contributed by atoms with van der Waals surface area (Å²) in [6.07, 6.45) is 2.45. The van der Waals surface area contributed by atoms with E-state index >= 15 is 0 Å². The lowest BCUT2D eigenvalue weighted by Crippen LogP contribution is -2.26. The summed E-state index contributed by atoms with van der Waals surface area (Å²) < 4.78 is 27.2. The number of hydrogen-bond donors (Lipinski definition) is 2. The Bertz CT molecular complexity index is 527. The van der Waals surface area contributed by atoms with Gasteiger partial charge in [-0.3, -0.25) is 0 Å². The quantitative estimate of drug-likeness (QED) is 0.563. The molecule has 0 aliphatic heterocycles. The Morgan fingerprint density at radius 2 is 1.95 bits per heavy atom. The molecule has 0 fully saturated rings. The van der Waals surface area contributed by atoms with Crippen LogP contribution in [0.25, 0.3) is 0 Å². The molecule has 3 N–H and O–H groups in total. The molecule has 1 aromatic rings. The minimum atomic E-state index is -3.47. The van der Waals surface area contributed by atoms with Gasteiger partial charge in [0.15, 0.2) is 0 Å². The molecule has 0 aliphatic rings. The highest BCUT2D eigenvalue weighted by Gasteiger charge is 2.17. The van der Waals surface area contributed by atoms with Gasteiger partial charge in [0.05, 0.1) is 4.90 Å². The number of aryl methyl sites for hydroxylation is 1. The third-order valence-electron chi connectivity index (χ3n) is 3.09. The van der Waals surface area contributed by atoms with Gasteiger partial charge < -0.3 is 10.6 Å². The van der Waals surface area contributed by atoms with Crippen molar-refractivity contribution in [3.05, 3.63) is 23.8 Å². The van der Waals surface area contributed by atoms with E-state index in [1.54, 1.807) is 12.1 Å². The molecule has 0 aromatic heterocycles. The van der Waals surface area contributed by atoms with Gasteiger partial charge in [-0.2, -0.15) is 0 Å². The van der Waals surface area contributed by atoms with Crippen molar-refractivity contribution in [2.75, 3.05) is 32.9 Å². The number of nitrogens with two attached hydrogens (primary N) is 1. The molecule has 0 saturated heterocycles. The molecule has 0 aliphatic carbocycles. The van der Waals surface area contributed by atoms with E-state index < -0.39 is 10.0 Å². The molecule has 0 radical (unpaired) electrons. The molecule has 1 aromatic carbocycles. The van der Waals surface area contributed by atoms with Crippen molar-refractivity contribution in [2.45, 2.75) is 31.1 Å². The number of nitrogens with zero attached hydrogens (tertiary/aromatic N) is 1. The number of benzene rings is 1. The molecule has 0 bridgehead atoms. The van der Waals surface area contributed by atoms with Gasteiger partial charge in [0.2, 0.25) is 10.0 Å². The summed E-state index contributed by atoms with van der Waals surface area (Å²) in [4.78, 5) is 2.38. The summed E-state index contributed by atoms with van der Waals surface area (Å²) in [5.41, 5.74) is 6.95. The maximum absolute atomic E-state index is 12.3. The third kappa shape index (κ3) is 5.11. The van der Waals surface area contributed by atoms with Crippen molar-refractivity contribution in [3.8, 4) is 0 Å². The van der Waals surface area contributed by atoms with Gasteiger partial charge in [0.1, 0.15) is 0 Å². The largest absolute Gasteiger partial charge is 0.399 e. The molecule has 0 spiro atoms. The van der Waals surface area contributed by atoms with Crippen LogP contribution in [0.3, 0.4) is 0 Å². The summed E-state index contributed by atoms with van der Waals surface area (Å²) in [7, 11) is 0.539. The molecule has 20 heavy (non-hydrogen) atoms. The van der Waals surface area contributed by atoms with Crippen molar-refractivity contribution in [3.63, 3.8) is 0 Å². The van der Waals surface area contributed by atoms with Crippen LogP contribution in [-0.2, 0) is 16.4 Å². The topological polar surface area (TPSA) is 75.4 Å². The fourth-order valence-corrected chi connectivity index (χ4v) is 3.37. The maximum atomic E-state index is 12.3. The molecule has 114 valence electrons. The number of unbranched alkanes of at least 4 members (excludes halogenated alkanes) is 1. The van der Waals surface area contributed by atoms with E-state index in [9.17, 15) is 8.42 Å². The second-order valence-electron chi connectivity index (χ2n) is 5.13. The van der Waals surface area contributed by atoms with Crippen molar-refractivity contribution in [1.82, 2.24) is 9.62 Å². The number of rotatable bonds is 8. The zero-order valence-corrected chi connectivity index (χ0v) is 13.3. The van der Waals surface area contributed by atoms with Gasteiger partial charge >= 0.3 is 0 Å². The maximum Gasteiger partial charge on any atom is 0.240 e. The minimum absolute atomic E-state index is 0.299. The van der Waals surface area contributed by atoms with Crippen LogP contribution < -0.4 is 10.5 Å². The van der Waals surface area contributed by atoms with Gasteiger partial charge in [0.25, 0.3) is 0 Å². The van der Waals surface area contributed by atoms with Crippen LogP contribution in [0.4, 0.5) is 5.69 Å². The third-order valence-corrected chi connectivity index (χ3v) is 4.63. The summed E-state index contributed by atoms with van der Waals surface area (Å²) in [5.74, 6) is 0. The highest BCUT2D eigenvalue weighted by Crippen LogP contribution is 2.19. The minimum Gasteiger partial charge on any atom is -0.399 e. The molecule has 0 heterocycles. The average molecular weight is 299 g/mol. The molecular formula is C14H25N3O2S. The molecule has 0 unspecified atom stereocenters. The normalized spacial score (nSPS) is 12.0. The van der Waals surface area contributed by atoms with E-state index in [1.807, 2.05) is 21.0 Å². The van der Waals surface area contributed by atoms with E-state index in [4.69, 9.17) is 5.73 Å². The molecule has 1 rings (SSSR count). The number of sulfonamides is 1. The lowest BCUT2D eigenvalue weighted by atomic mass is 10.1. The highest BCUT2D eigenvalue weighted by molar-refractivity contribution is 7.89. The first kappa shape index (κ1) is 16.9. The van der Waals surface area contributed by atoms with Gasteiger partial charge in [-0.1, -0.05) is 13.0 Å². The SMILES string of the molecule is CCc1ccc(N)cc1S(=O)(=O)NCCCCN(C)C. The predicted molar refractivity (Wildman–Crippen MR) is 83.2 cm³/mol. The average Bonchev–Trinajstić information content (AvgIpc) is 2.37. The van der Waals surface area contributed by atoms with Gasteiger partial charge in [-0.25, -0.2) is 13.1 Å². The van der Waals surface area contributed by atoms with Crippen molar-refractivity contribution in [1.29, 1.82) is 0 Å². The summed E-state index contributed by atoms with van der Waals surface area (Å²) in [5, 5.41) is 0. The molecule has 5 nitrogen and oxygen atoms in total. The first-order valence-corrected chi connectivity index (χ1v) is 8.38. The second-order valence-corrected chi connectivity index (χ2v) is 6.86. The van der Waals surface area contributed by atoms with Gasteiger partial charge in [0, 0.05) is 12.2 Å². The van der Waals surface area contributed by atoms with Crippen molar-refractivity contribution >= 4 is 15.7 Å². The first-order chi connectivity index (χ1) is 9.36. The fourth-order valence-electron chi connectivity index (χ4n) is 1.95. The highest BCUT2D eigenvalue weighted by atomic mass is 32.2. The van der Waals surface area contributed by atoms with Crippen molar-refractivity contribution < 1.29 is 8.42 Å². The summed E-state index contributed by atoms with van der Waals surface area (Å²) >= 11 is 0. The summed E-state index contributed by atoms with van der Waals surface area (Å²) in [6.45, 7) is 3.34. The molecule has 0 atom stereocenters. The van der Waals surface area contributed by atoms with E-state index in [0.717, 1.165) is 24.9 Å². The van der Waals surface area contributed by atoms with Crippen LogP contribution >= 0.6 is 0 Å². The second kappa shape index (κ2) is 7.61. The number of nitrogen functional groups attached to an aromatic ring is 1. The molecule has 6 heteroatoms. The van der Waals surface area contributed by atoms with Gasteiger partial charge in [-0.05, 0) is 57.6 Å². The standard InChI is InChI=1S/C14H25N3O2S/c1-4-12-7-8-13(15)11-14(12)20(18,19)16-9-5-6-10-17(2)3/h7-8,11,16H,4-6,9-10,15H2,1-3H3. The molecular weight excluding hydrogens is 274 g/mol. The van der Waals surface area contributed by atoms with Crippen LogP contribution in [-0.4, -0.2) is 40.5 Å². The lowest BCUT2D eigenvalue weighted by Gasteiger charge is -2.12. The van der Waals surface area contributed by atoms with Crippen LogP contribution in [0, 0.1) is 0 Å². The zero-order chi connectivity index (χ0) is 15.2. The number of anilines is 1. The first-order valence-electron chi connectivity index (χ1n) is 6.89. The smallest absolute Gasteiger partial charge is 0.240 e. The Hall–Kier alpha value is -1.11. The number of hydrogen-bond acceptors (Lipinski definition) is 4. The predicted octanol–water partition coefficient (Wildman–Crippen LogP) is 1.45. The van der Waals surface area contributed by atoms with Crippen LogP contribution in [0.15, 0.2) is 23.1 Å². The zero-order valence-electron chi connectivity index (χ0n) is 12.5. The number of nitrogens with one attached hydrogen (secondary N) is 1. The van der Waals surface area contributed by atoms with Crippen LogP contribution in [0.1, 0.15) is 25.3 Å². The Balaban J connectivity index is 2.67. The van der Waals surface area contributed by atoms with Crippen LogP contribution in [0.2, 0.25) is 0 Å². The Labute approximate surface area is 122 Å². The summed E-state index contributed by atoms with van der Waals surface area (Å²) in [6, 6.07) is 5.03. The monoisotopic (exact) mass is 299 g/mol. The molecule has 0 amide bonds. The van der Waals surface area contributed by atoms with E-state index in [2.05, 4.69) is 9.62 Å². The Morgan fingerprint density at radius 1 is 1.25 bits per heavy atom. The fraction of sp³-hybridized carbons (Fsp3) is 0.571. The Morgan fingerprint density at radius 3 is 2.55 bits per heavy atom. The van der Waals surface area contributed by atoms with E-state index in [1.165, 1.54) is 6.07 Å². The Kier molecular flexibility index (Phi) is 6.45. The van der Waals surface area contributed by atoms with E-state index in [0.29, 0.717) is 23.5 Å². The van der Waals surface area contributed by atoms with E-state index in [-0.39, 0.29) is 0 Å². The van der Waals surface area contributed by atoms with Crippen molar-refractivity contribution in [2.24, 2.45) is 0 Å².